The topological polar surface area (TPSA) is 69.1 Å². The Morgan fingerprint density at radius 1 is 1.53 bits per heavy atom. The number of carbonyl (C=O) groups excluding carboxylic acids is 1. The molecule has 4 N–H and O–H groups in total. The average molecular weight is 256 g/mol. The van der Waals surface area contributed by atoms with Gasteiger partial charge in [0.15, 0.2) is 0 Å². The van der Waals surface area contributed by atoms with Gasteiger partial charge in [-0.05, 0) is 35.9 Å². The highest BCUT2D eigenvalue weighted by molar-refractivity contribution is 7.98. The molecule has 0 aliphatic heterocycles. The summed E-state index contributed by atoms with van der Waals surface area (Å²) in [6.45, 7) is 2.69. The van der Waals surface area contributed by atoms with Crippen molar-refractivity contribution in [2.45, 2.75) is 12.7 Å². The van der Waals surface area contributed by atoms with Gasteiger partial charge in [-0.3, -0.25) is 4.79 Å². The van der Waals surface area contributed by atoms with Crippen LogP contribution in [0.1, 0.15) is 22.8 Å². The van der Waals surface area contributed by atoms with Crippen molar-refractivity contribution in [1.82, 2.24) is 0 Å². The second kappa shape index (κ2) is 6.61. The number of halogens is 1. The quantitative estimate of drug-likeness (QED) is 0.814. The van der Waals surface area contributed by atoms with E-state index in [4.69, 9.17) is 11.5 Å². The molecule has 17 heavy (non-hydrogen) atoms. The summed E-state index contributed by atoms with van der Waals surface area (Å²) in [5, 5.41) is 0. The van der Waals surface area contributed by atoms with Gasteiger partial charge in [-0.15, -0.1) is 0 Å². The van der Waals surface area contributed by atoms with Crippen molar-refractivity contribution in [3.05, 3.63) is 35.1 Å². The number of amides is 1. The number of primary amides is 1. The highest BCUT2D eigenvalue weighted by atomic mass is 32.2. The van der Waals surface area contributed by atoms with E-state index in [0.717, 1.165) is 5.75 Å². The van der Waals surface area contributed by atoms with Crippen LogP contribution in [-0.2, 0) is 5.75 Å². The maximum absolute atomic E-state index is 13.6. The third kappa shape index (κ3) is 4.36. The van der Waals surface area contributed by atoms with Crippen LogP contribution in [0.15, 0.2) is 18.2 Å². The molecule has 0 aliphatic rings. The van der Waals surface area contributed by atoms with Crippen molar-refractivity contribution in [2.24, 2.45) is 17.4 Å². The standard InChI is InChI=1S/C12H17FN2OS/c1-8(5-14)6-17-7-10-3-2-9(12(15)16)4-11(10)13/h2-4,8H,5-7,14H2,1H3,(H2,15,16). The predicted octanol–water partition coefficient (Wildman–Crippen LogP) is 1.75. The molecule has 5 heteroatoms. The molecule has 0 bridgehead atoms. The molecule has 0 saturated heterocycles. The lowest BCUT2D eigenvalue weighted by molar-refractivity contribution is 0.1000. The van der Waals surface area contributed by atoms with E-state index in [2.05, 4.69) is 6.92 Å². The van der Waals surface area contributed by atoms with Gasteiger partial charge in [0.05, 0.1) is 0 Å². The Balaban J connectivity index is 2.57. The van der Waals surface area contributed by atoms with Crippen LogP contribution in [0.5, 0.6) is 0 Å². The summed E-state index contributed by atoms with van der Waals surface area (Å²) in [6, 6.07) is 4.34. The summed E-state index contributed by atoms with van der Waals surface area (Å²) in [5.41, 5.74) is 11.3. The van der Waals surface area contributed by atoms with Gasteiger partial charge in [0, 0.05) is 11.3 Å². The maximum Gasteiger partial charge on any atom is 0.248 e. The molecule has 94 valence electrons. The molecule has 1 aromatic carbocycles. The minimum absolute atomic E-state index is 0.201. The number of rotatable bonds is 6. The third-order valence-electron chi connectivity index (χ3n) is 2.40. The highest BCUT2D eigenvalue weighted by Gasteiger charge is 2.07. The Kier molecular flexibility index (Phi) is 5.44. The molecular formula is C12H17FN2OS. The van der Waals surface area contributed by atoms with Crippen molar-refractivity contribution in [2.75, 3.05) is 12.3 Å². The predicted molar refractivity (Wildman–Crippen MR) is 69.3 cm³/mol. The monoisotopic (exact) mass is 256 g/mol. The number of carbonyl (C=O) groups is 1. The third-order valence-corrected chi connectivity index (χ3v) is 3.72. The zero-order valence-corrected chi connectivity index (χ0v) is 10.6. The van der Waals surface area contributed by atoms with E-state index >= 15 is 0 Å². The van der Waals surface area contributed by atoms with E-state index in [-0.39, 0.29) is 11.4 Å². The van der Waals surface area contributed by atoms with Crippen molar-refractivity contribution in [3.63, 3.8) is 0 Å². The smallest absolute Gasteiger partial charge is 0.248 e. The fourth-order valence-corrected chi connectivity index (χ4v) is 2.37. The zero-order chi connectivity index (χ0) is 12.8. The maximum atomic E-state index is 13.6. The average Bonchev–Trinajstić information content (AvgIpc) is 2.30. The molecule has 0 spiro atoms. The van der Waals surface area contributed by atoms with Crippen molar-refractivity contribution in [3.8, 4) is 0 Å². The first-order valence-corrected chi connectivity index (χ1v) is 6.56. The van der Waals surface area contributed by atoms with Crippen LogP contribution in [0.2, 0.25) is 0 Å². The molecular weight excluding hydrogens is 239 g/mol. The Morgan fingerprint density at radius 3 is 2.76 bits per heavy atom. The van der Waals surface area contributed by atoms with E-state index in [1.54, 1.807) is 23.9 Å². The summed E-state index contributed by atoms with van der Waals surface area (Å²) in [7, 11) is 0. The first-order valence-electron chi connectivity index (χ1n) is 5.40. The van der Waals surface area contributed by atoms with Gasteiger partial charge in [0.25, 0.3) is 0 Å². The number of benzene rings is 1. The van der Waals surface area contributed by atoms with Crippen molar-refractivity contribution >= 4 is 17.7 Å². The van der Waals surface area contributed by atoms with Gasteiger partial charge in [0.1, 0.15) is 5.82 Å². The number of thioether (sulfide) groups is 1. The molecule has 1 unspecified atom stereocenters. The summed E-state index contributed by atoms with van der Waals surface area (Å²) in [4.78, 5) is 10.8. The fourth-order valence-electron chi connectivity index (χ4n) is 1.26. The minimum atomic E-state index is -0.611. The summed E-state index contributed by atoms with van der Waals surface area (Å²) < 4.78 is 13.6. The molecule has 1 aromatic rings. The van der Waals surface area contributed by atoms with Crippen LogP contribution in [0.4, 0.5) is 4.39 Å². The molecule has 0 fully saturated rings. The second-order valence-electron chi connectivity index (χ2n) is 4.03. The van der Waals surface area contributed by atoms with E-state index in [9.17, 15) is 9.18 Å². The fraction of sp³-hybridized carbons (Fsp3) is 0.417. The van der Waals surface area contributed by atoms with Crippen LogP contribution in [-0.4, -0.2) is 18.2 Å². The van der Waals surface area contributed by atoms with Gasteiger partial charge >= 0.3 is 0 Å². The van der Waals surface area contributed by atoms with E-state index in [1.807, 2.05) is 0 Å². The van der Waals surface area contributed by atoms with Crippen LogP contribution < -0.4 is 11.5 Å². The molecule has 0 aromatic heterocycles. The Hall–Kier alpha value is -1.07. The van der Waals surface area contributed by atoms with Gasteiger partial charge < -0.3 is 11.5 Å². The Labute approximate surface area is 105 Å². The molecule has 0 heterocycles. The zero-order valence-electron chi connectivity index (χ0n) is 9.78. The SMILES string of the molecule is CC(CN)CSCc1ccc(C(N)=O)cc1F. The van der Waals surface area contributed by atoms with Gasteiger partial charge in [-0.1, -0.05) is 13.0 Å². The van der Waals surface area contributed by atoms with Gasteiger partial charge in [-0.2, -0.15) is 11.8 Å². The lowest BCUT2D eigenvalue weighted by Crippen LogP contribution is -2.13. The van der Waals surface area contributed by atoms with Gasteiger partial charge in [0.2, 0.25) is 5.91 Å². The normalized spacial score (nSPS) is 12.4. The van der Waals surface area contributed by atoms with E-state index in [0.29, 0.717) is 23.8 Å². The molecule has 1 atom stereocenters. The lowest BCUT2D eigenvalue weighted by atomic mass is 10.1. The van der Waals surface area contributed by atoms with Crippen molar-refractivity contribution < 1.29 is 9.18 Å². The minimum Gasteiger partial charge on any atom is -0.366 e. The summed E-state index contributed by atoms with van der Waals surface area (Å²) in [5.74, 6) is 0.907. The first kappa shape index (κ1) is 14.0. The molecule has 0 aliphatic carbocycles. The Morgan fingerprint density at radius 2 is 2.24 bits per heavy atom. The molecule has 3 nitrogen and oxygen atoms in total. The van der Waals surface area contributed by atoms with Crippen LogP contribution in [0.25, 0.3) is 0 Å². The second-order valence-corrected chi connectivity index (χ2v) is 5.06. The molecule has 0 radical (unpaired) electrons. The first-order chi connectivity index (χ1) is 8.04. The van der Waals surface area contributed by atoms with Crippen LogP contribution >= 0.6 is 11.8 Å². The van der Waals surface area contributed by atoms with Crippen molar-refractivity contribution in [1.29, 1.82) is 0 Å². The number of nitrogens with two attached hydrogens (primary N) is 2. The van der Waals surface area contributed by atoms with E-state index < -0.39 is 5.91 Å². The Bertz CT molecular complexity index is 398. The van der Waals surface area contributed by atoms with Crippen LogP contribution in [0, 0.1) is 11.7 Å². The highest BCUT2D eigenvalue weighted by Crippen LogP contribution is 2.18. The number of hydrogen-bond donors (Lipinski definition) is 2. The summed E-state index contributed by atoms with van der Waals surface area (Å²) in [6.07, 6.45) is 0. The van der Waals surface area contributed by atoms with E-state index in [1.165, 1.54) is 6.07 Å². The summed E-state index contributed by atoms with van der Waals surface area (Å²) >= 11 is 1.63. The largest absolute Gasteiger partial charge is 0.366 e. The number of hydrogen-bond acceptors (Lipinski definition) is 3. The van der Waals surface area contributed by atoms with Gasteiger partial charge in [-0.25, -0.2) is 4.39 Å². The molecule has 0 saturated carbocycles. The molecule has 1 rings (SSSR count). The van der Waals surface area contributed by atoms with Crippen LogP contribution in [0.3, 0.4) is 0 Å². The lowest BCUT2D eigenvalue weighted by Gasteiger charge is -2.08. The molecule has 1 amide bonds.